The Labute approximate surface area is 329 Å². The van der Waals surface area contributed by atoms with Gasteiger partial charge in [0, 0.05) is 14.1 Å². The van der Waals surface area contributed by atoms with Gasteiger partial charge in [-0.1, -0.05) is 134 Å². The average Bonchev–Trinajstić information content (AvgIpc) is 3.54. The Morgan fingerprint density at radius 1 is 0.661 bits per heavy atom. The molecule has 7 atom stereocenters. The summed E-state index contributed by atoms with van der Waals surface area (Å²) < 4.78 is 44.9. The molecule has 1 aliphatic rings. The van der Waals surface area contributed by atoms with E-state index < -0.39 is 49.0 Å². The third kappa shape index (κ3) is 11.7. The van der Waals surface area contributed by atoms with E-state index >= 15 is 0 Å². The quantitative estimate of drug-likeness (QED) is 0.0855. The minimum absolute atomic E-state index is 0.0357. The highest BCUT2D eigenvalue weighted by Gasteiger charge is 2.47. The third-order valence-corrected chi connectivity index (χ3v) is 9.72. The van der Waals surface area contributed by atoms with Gasteiger partial charge in [0.15, 0.2) is 12.4 Å². The first-order valence-electron chi connectivity index (χ1n) is 19.2. The van der Waals surface area contributed by atoms with Crippen molar-refractivity contribution < 1.29 is 43.1 Å². The van der Waals surface area contributed by atoms with Crippen LogP contribution in [0.1, 0.15) is 35.6 Å². The van der Waals surface area contributed by atoms with Gasteiger partial charge >= 0.3 is 6.09 Å². The number of carbonyl (C=O) groups is 1. The molecule has 4 unspecified atom stereocenters. The van der Waals surface area contributed by atoms with E-state index in [1.807, 2.05) is 110 Å². The lowest BCUT2D eigenvalue weighted by atomic mass is 10.1. The third-order valence-electron chi connectivity index (χ3n) is 9.72. The molecule has 0 saturated carbocycles. The molecular weight excluding hydrogens is 711 g/mol. The number of aliphatic hydroxyl groups excluding tert-OH is 1. The van der Waals surface area contributed by atoms with Crippen LogP contribution in [0.2, 0.25) is 0 Å². The zero-order valence-corrected chi connectivity index (χ0v) is 32.4. The van der Waals surface area contributed by atoms with Crippen molar-refractivity contribution in [3.8, 4) is 0 Å². The molecule has 56 heavy (non-hydrogen) atoms. The molecule has 1 saturated heterocycles. The average molecular weight is 764 g/mol. The van der Waals surface area contributed by atoms with Crippen molar-refractivity contribution in [3.63, 3.8) is 0 Å². The Balaban J connectivity index is 1.29. The monoisotopic (exact) mass is 763 g/mol. The van der Waals surface area contributed by atoms with Crippen molar-refractivity contribution in [1.29, 1.82) is 0 Å². The van der Waals surface area contributed by atoms with E-state index in [1.54, 1.807) is 14.1 Å². The second-order valence-corrected chi connectivity index (χ2v) is 14.1. The maximum Gasteiger partial charge on any atom is 0.409 e. The van der Waals surface area contributed by atoms with Crippen molar-refractivity contribution >= 4 is 16.9 Å². The van der Waals surface area contributed by atoms with E-state index in [-0.39, 0.29) is 26.4 Å². The van der Waals surface area contributed by atoms with Crippen LogP contribution in [0.3, 0.4) is 0 Å². The molecule has 10 nitrogen and oxygen atoms in total. The molecule has 1 fully saturated rings. The standard InChI is InChI=1S/C46H53NO9/c1-4-39-42(48)44(56-46(49)47(2)3)45(55-39)54-32-41(52-29-34-18-10-6-11-19-34)43(53-30-35-20-12-7-13-21-35)40(51-28-33-16-8-5-9-17-33)31-50-27-36-24-25-37-22-14-15-23-38(37)26-36/h5-26,39-45,48H,4,27-32H2,1-3H3/t39-,40?,41?,42?,43?,44+,45-/m1/s1. The predicted octanol–water partition coefficient (Wildman–Crippen LogP) is 7.69. The van der Waals surface area contributed by atoms with E-state index in [4.69, 9.17) is 33.2 Å². The molecule has 1 amide bonds. The Bertz CT molecular complexity index is 1890. The number of carbonyl (C=O) groups excluding carboxylic acids is 1. The molecule has 296 valence electrons. The summed E-state index contributed by atoms with van der Waals surface area (Å²) in [7, 11) is 3.16. The van der Waals surface area contributed by atoms with Gasteiger partial charge in [-0.2, -0.15) is 0 Å². The largest absolute Gasteiger partial charge is 0.438 e. The fraction of sp³-hybridized carbons (Fsp3) is 0.370. The Kier molecular flexibility index (Phi) is 15.4. The number of rotatable bonds is 20. The number of nitrogens with zero attached hydrogens (tertiary/aromatic N) is 1. The van der Waals surface area contributed by atoms with Gasteiger partial charge < -0.3 is 43.2 Å². The molecule has 0 aromatic heterocycles. The molecule has 6 rings (SSSR count). The fourth-order valence-corrected chi connectivity index (χ4v) is 6.58. The molecule has 1 N–H and O–H groups in total. The van der Waals surface area contributed by atoms with Gasteiger partial charge in [-0.15, -0.1) is 0 Å². The van der Waals surface area contributed by atoms with Crippen LogP contribution in [0.5, 0.6) is 0 Å². The number of hydrogen-bond acceptors (Lipinski definition) is 9. The highest BCUT2D eigenvalue weighted by atomic mass is 16.7. The number of benzene rings is 5. The van der Waals surface area contributed by atoms with Gasteiger partial charge in [0.05, 0.1) is 45.7 Å². The van der Waals surface area contributed by atoms with Crippen LogP contribution in [0.4, 0.5) is 4.79 Å². The molecule has 0 radical (unpaired) electrons. The summed E-state index contributed by atoms with van der Waals surface area (Å²) >= 11 is 0. The molecule has 0 aliphatic carbocycles. The lowest BCUT2D eigenvalue weighted by Gasteiger charge is -2.34. The summed E-state index contributed by atoms with van der Waals surface area (Å²) in [6.07, 6.45) is -5.93. The fourth-order valence-electron chi connectivity index (χ4n) is 6.58. The lowest BCUT2D eigenvalue weighted by molar-refractivity contribution is -0.217. The Morgan fingerprint density at radius 2 is 1.20 bits per heavy atom. The first-order chi connectivity index (χ1) is 27.4. The maximum absolute atomic E-state index is 12.7. The van der Waals surface area contributed by atoms with Crippen molar-refractivity contribution in [2.45, 2.75) is 82.7 Å². The maximum atomic E-state index is 12.7. The first-order valence-corrected chi connectivity index (χ1v) is 19.2. The van der Waals surface area contributed by atoms with Gasteiger partial charge in [-0.05, 0) is 45.5 Å². The van der Waals surface area contributed by atoms with Crippen molar-refractivity contribution in [2.75, 3.05) is 27.3 Å². The van der Waals surface area contributed by atoms with E-state index in [0.717, 1.165) is 33.0 Å². The summed E-state index contributed by atoms with van der Waals surface area (Å²) in [6.45, 7) is 3.24. The molecule has 1 aliphatic heterocycles. The topological polar surface area (TPSA) is 105 Å². The van der Waals surface area contributed by atoms with Gasteiger partial charge in [-0.3, -0.25) is 0 Å². The van der Waals surface area contributed by atoms with E-state index in [2.05, 4.69) is 30.3 Å². The van der Waals surface area contributed by atoms with Gasteiger partial charge in [0.25, 0.3) is 0 Å². The molecule has 1 heterocycles. The van der Waals surface area contributed by atoms with Gasteiger partial charge in [-0.25, -0.2) is 4.79 Å². The smallest absolute Gasteiger partial charge is 0.409 e. The Morgan fingerprint density at radius 3 is 1.77 bits per heavy atom. The van der Waals surface area contributed by atoms with Crippen LogP contribution in [-0.4, -0.2) is 86.3 Å². The zero-order chi connectivity index (χ0) is 39.1. The predicted molar refractivity (Wildman–Crippen MR) is 214 cm³/mol. The minimum Gasteiger partial charge on any atom is -0.438 e. The zero-order valence-electron chi connectivity index (χ0n) is 32.4. The minimum atomic E-state index is -1.08. The van der Waals surface area contributed by atoms with Crippen LogP contribution in [0, 0.1) is 0 Å². The number of ether oxygens (including phenoxy) is 7. The molecule has 0 bridgehead atoms. The summed E-state index contributed by atoms with van der Waals surface area (Å²) in [5.74, 6) is 0. The number of fused-ring (bicyclic) bond motifs is 1. The van der Waals surface area contributed by atoms with Crippen LogP contribution in [0.15, 0.2) is 133 Å². The molecule has 0 spiro atoms. The van der Waals surface area contributed by atoms with E-state index in [9.17, 15) is 9.90 Å². The summed E-state index contributed by atoms with van der Waals surface area (Å²) in [4.78, 5) is 14.0. The van der Waals surface area contributed by atoms with E-state index in [0.29, 0.717) is 19.6 Å². The second kappa shape index (κ2) is 21.0. The van der Waals surface area contributed by atoms with Gasteiger partial charge in [0.2, 0.25) is 0 Å². The summed E-state index contributed by atoms with van der Waals surface area (Å²) in [5, 5.41) is 13.4. The number of amides is 1. The molecular formula is C46H53NO9. The summed E-state index contributed by atoms with van der Waals surface area (Å²) in [6, 6.07) is 44.3. The van der Waals surface area contributed by atoms with Crippen molar-refractivity contribution in [3.05, 3.63) is 156 Å². The van der Waals surface area contributed by atoms with E-state index in [1.165, 1.54) is 4.90 Å². The number of hydrogen-bond donors (Lipinski definition) is 1. The first kappa shape index (κ1) is 41.0. The normalized spacial score (nSPS) is 19.7. The highest BCUT2D eigenvalue weighted by Crippen LogP contribution is 2.29. The van der Waals surface area contributed by atoms with Gasteiger partial charge in [0.1, 0.15) is 24.4 Å². The van der Waals surface area contributed by atoms with Crippen LogP contribution in [-0.2, 0) is 59.6 Å². The molecule has 5 aromatic rings. The second-order valence-electron chi connectivity index (χ2n) is 14.1. The van der Waals surface area contributed by atoms with Crippen molar-refractivity contribution in [2.24, 2.45) is 0 Å². The highest BCUT2D eigenvalue weighted by molar-refractivity contribution is 5.82. The number of aliphatic hydroxyl groups is 1. The lowest BCUT2D eigenvalue weighted by Crippen LogP contribution is -2.48. The molecule has 5 aromatic carbocycles. The Hall–Kier alpha value is -4.65. The van der Waals surface area contributed by atoms with Crippen LogP contribution < -0.4 is 0 Å². The molecule has 10 heteroatoms. The summed E-state index contributed by atoms with van der Waals surface area (Å²) in [5.41, 5.74) is 3.97. The van der Waals surface area contributed by atoms with Crippen molar-refractivity contribution in [1.82, 2.24) is 4.90 Å². The SMILES string of the molecule is CC[C@H]1O[C@@H](OCC(OCc2ccccc2)C(OCc2ccccc2)C(COCc2ccc3ccccc3c2)OCc2ccccc2)[C@@H](OC(=O)N(C)C)C1O. The van der Waals surface area contributed by atoms with Crippen LogP contribution >= 0.6 is 0 Å². The van der Waals surface area contributed by atoms with Crippen LogP contribution in [0.25, 0.3) is 10.8 Å².